The van der Waals surface area contributed by atoms with E-state index in [0.717, 1.165) is 29.5 Å². The van der Waals surface area contributed by atoms with Gasteiger partial charge in [0.25, 0.3) is 0 Å². The van der Waals surface area contributed by atoms with Gasteiger partial charge in [0.2, 0.25) is 0 Å². The predicted octanol–water partition coefficient (Wildman–Crippen LogP) is 3.02. The molecular weight excluding hydrogens is 266 g/mol. The maximum Gasteiger partial charge on any atom is 0.160 e. The minimum absolute atomic E-state index is 0.0184. The molecule has 1 heterocycles. The molecule has 2 N–H and O–H groups in total. The molecule has 108 valence electrons. The van der Waals surface area contributed by atoms with Gasteiger partial charge in [-0.25, -0.2) is 0 Å². The van der Waals surface area contributed by atoms with E-state index in [4.69, 9.17) is 4.74 Å². The maximum absolute atomic E-state index is 9.98. The van der Waals surface area contributed by atoms with Gasteiger partial charge in [0, 0.05) is 12.6 Å². The Labute approximate surface area is 123 Å². The van der Waals surface area contributed by atoms with E-state index >= 15 is 0 Å². The maximum atomic E-state index is 9.98. The molecule has 0 aliphatic carbocycles. The first-order valence-electron chi connectivity index (χ1n) is 6.86. The first kappa shape index (κ1) is 13.5. The summed E-state index contributed by atoms with van der Waals surface area (Å²) >= 11 is 0. The van der Waals surface area contributed by atoms with E-state index in [1.54, 1.807) is 25.3 Å². The number of benzene rings is 2. The molecule has 0 unspecified atom stereocenters. The summed E-state index contributed by atoms with van der Waals surface area (Å²) in [4.78, 5) is 4.55. The van der Waals surface area contributed by atoms with Gasteiger partial charge in [-0.1, -0.05) is 12.1 Å². The zero-order chi connectivity index (χ0) is 14.8. The lowest BCUT2D eigenvalue weighted by Gasteiger charge is -2.21. The highest BCUT2D eigenvalue weighted by Gasteiger charge is 2.20. The highest BCUT2D eigenvalue weighted by molar-refractivity contribution is 5.67. The fourth-order valence-corrected chi connectivity index (χ4v) is 2.65. The topological polar surface area (TPSA) is 62.0 Å². The van der Waals surface area contributed by atoms with Crippen molar-refractivity contribution >= 4 is 6.21 Å². The van der Waals surface area contributed by atoms with E-state index in [2.05, 4.69) is 4.99 Å². The monoisotopic (exact) mass is 283 g/mol. The first-order chi connectivity index (χ1) is 10.2. The Bertz CT molecular complexity index is 677. The summed E-state index contributed by atoms with van der Waals surface area (Å²) < 4.78 is 5.16. The summed E-state index contributed by atoms with van der Waals surface area (Å²) in [5.74, 6) is 0.894. The molecule has 1 aliphatic rings. The normalized spacial score (nSPS) is 16.5. The molecule has 0 amide bonds. The fraction of sp³-hybridized carbons (Fsp3) is 0.235. The standard InChI is InChI=1S/C17H17NO3/c1-21-17-9-12-6-7-18-15(14(12)10-16(17)20)8-11-2-4-13(19)5-3-11/h2-5,7,9-10,15,19-20H,6,8H2,1H3/t15-/m0/s1. The van der Waals surface area contributed by atoms with Crippen LogP contribution in [-0.4, -0.2) is 23.5 Å². The van der Waals surface area contributed by atoms with Gasteiger partial charge < -0.3 is 14.9 Å². The Kier molecular flexibility index (Phi) is 3.52. The van der Waals surface area contributed by atoms with Crippen molar-refractivity contribution in [3.63, 3.8) is 0 Å². The second-order valence-corrected chi connectivity index (χ2v) is 5.15. The third-order valence-electron chi connectivity index (χ3n) is 3.76. The van der Waals surface area contributed by atoms with Crippen LogP contribution < -0.4 is 4.74 Å². The Balaban J connectivity index is 1.91. The quantitative estimate of drug-likeness (QED) is 0.910. The molecule has 1 aliphatic heterocycles. The van der Waals surface area contributed by atoms with Crippen LogP contribution in [0.2, 0.25) is 0 Å². The Hall–Kier alpha value is -2.49. The van der Waals surface area contributed by atoms with Gasteiger partial charge in [0.05, 0.1) is 13.2 Å². The Morgan fingerprint density at radius 3 is 2.67 bits per heavy atom. The van der Waals surface area contributed by atoms with E-state index in [1.807, 2.05) is 24.4 Å². The molecule has 3 rings (SSSR count). The van der Waals surface area contributed by atoms with Gasteiger partial charge in [-0.15, -0.1) is 0 Å². The number of nitrogens with zero attached hydrogens (tertiary/aromatic N) is 1. The van der Waals surface area contributed by atoms with Gasteiger partial charge in [-0.05, 0) is 47.4 Å². The van der Waals surface area contributed by atoms with Crippen LogP contribution in [0.15, 0.2) is 41.4 Å². The Morgan fingerprint density at radius 1 is 1.19 bits per heavy atom. The lowest BCUT2D eigenvalue weighted by Crippen LogP contribution is -2.10. The number of aliphatic imine (C=N–C) groups is 1. The van der Waals surface area contributed by atoms with Gasteiger partial charge in [0.15, 0.2) is 11.5 Å². The SMILES string of the molecule is COc1cc2c(cc1O)[C@H](Cc1ccc(O)cc1)N=CC2. The van der Waals surface area contributed by atoms with Gasteiger partial charge in [-0.2, -0.15) is 0 Å². The van der Waals surface area contributed by atoms with Crippen LogP contribution in [0.3, 0.4) is 0 Å². The van der Waals surface area contributed by atoms with Crippen LogP contribution in [0, 0.1) is 0 Å². The van der Waals surface area contributed by atoms with E-state index in [9.17, 15) is 10.2 Å². The molecule has 4 nitrogen and oxygen atoms in total. The molecule has 1 atom stereocenters. The first-order valence-corrected chi connectivity index (χ1v) is 6.86. The lowest BCUT2D eigenvalue weighted by molar-refractivity contribution is 0.372. The highest BCUT2D eigenvalue weighted by Crippen LogP contribution is 2.36. The van der Waals surface area contributed by atoms with Crippen molar-refractivity contribution in [3.8, 4) is 17.2 Å². The van der Waals surface area contributed by atoms with Gasteiger partial charge in [-0.3, -0.25) is 4.99 Å². The largest absolute Gasteiger partial charge is 0.508 e. The smallest absolute Gasteiger partial charge is 0.160 e. The van der Waals surface area contributed by atoms with Crippen LogP contribution in [-0.2, 0) is 12.8 Å². The summed E-state index contributed by atoms with van der Waals surface area (Å²) in [7, 11) is 1.55. The molecule has 0 radical (unpaired) electrons. The molecule has 0 spiro atoms. The zero-order valence-corrected chi connectivity index (χ0v) is 11.8. The summed E-state index contributed by atoms with van der Waals surface area (Å²) in [6, 6.07) is 10.7. The third kappa shape index (κ3) is 2.70. The summed E-state index contributed by atoms with van der Waals surface area (Å²) in [5.41, 5.74) is 3.26. The second-order valence-electron chi connectivity index (χ2n) is 5.15. The molecule has 0 fully saturated rings. The number of fused-ring (bicyclic) bond motifs is 1. The van der Waals surface area contributed by atoms with Crippen molar-refractivity contribution in [2.45, 2.75) is 18.9 Å². The van der Waals surface area contributed by atoms with E-state index < -0.39 is 0 Å². The Morgan fingerprint density at radius 2 is 1.95 bits per heavy atom. The van der Waals surface area contributed by atoms with Crippen LogP contribution in [0.1, 0.15) is 22.7 Å². The minimum atomic E-state index is -0.0184. The molecule has 2 aromatic rings. The van der Waals surface area contributed by atoms with E-state index in [-0.39, 0.29) is 17.5 Å². The molecule has 4 heteroatoms. The average molecular weight is 283 g/mol. The van der Waals surface area contributed by atoms with Gasteiger partial charge in [0.1, 0.15) is 5.75 Å². The number of ether oxygens (including phenoxy) is 1. The lowest BCUT2D eigenvalue weighted by atomic mass is 9.91. The third-order valence-corrected chi connectivity index (χ3v) is 3.76. The molecule has 21 heavy (non-hydrogen) atoms. The van der Waals surface area contributed by atoms with E-state index in [0.29, 0.717) is 5.75 Å². The average Bonchev–Trinajstić information content (AvgIpc) is 2.49. The number of phenolic OH excluding ortho intramolecular Hbond substituents is 2. The van der Waals surface area contributed by atoms with Crippen molar-refractivity contribution in [1.29, 1.82) is 0 Å². The minimum Gasteiger partial charge on any atom is -0.508 e. The van der Waals surface area contributed by atoms with Crippen LogP contribution in [0.4, 0.5) is 0 Å². The van der Waals surface area contributed by atoms with Crippen LogP contribution >= 0.6 is 0 Å². The highest BCUT2D eigenvalue weighted by atomic mass is 16.5. The number of phenols is 2. The molecule has 0 aromatic heterocycles. The zero-order valence-electron chi connectivity index (χ0n) is 11.8. The van der Waals surface area contributed by atoms with E-state index in [1.165, 1.54) is 0 Å². The second kappa shape index (κ2) is 5.48. The van der Waals surface area contributed by atoms with Crippen molar-refractivity contribution < 1.29 is 14.9 Å². The van der Waals surface area contributed by atoms with Crippen molar-refractivity contribution in [2.75, 3.05) is 7.11 Å². The number of aromatic hydroxyl groups is 2. The predicted molar refractivity (Wildman–Crippen MR) is 81.4 cm³/mol. The number of hydrogen-bond acceptors (Lipinski definition) is 4. The number of hydrogen-bond donors (Lipinski definition) is 2. The molecule has 0 saturated carbocycles. The van der Waals surface area contributed by atoms with Crippen LogP contribution in [0.25, 0.3) is 0 Å². The number of rotatable bonds is 3. The summed E-state index contributed by atoms with van der Waals surface area (Å²) in [6.45, 7) is 0. The van der Waals surface area contributed by atoms with Crippen molar-refractivity contribution in [1.82, 2.24) is 0 Å². The molecule has 0 saturated heterocycles. The molecule has 2 aromatic carbocycles. The van der Waals surface area contributed by atoms with Crippen LogP contribution in [0.5, 0.6) is 17.2 Å². The van der Waals surface area contributed by atoms with Gasteiger partial charge >= 0.3 is 0 Å². The molecular formula is C17H17NO3. The van der Waals surface area contributed by atoms with Crippen molar-refractivity contribution in [2.24, 2.45) is 4.99 Å². The number of methoxy groups -OCH3 is 1. The summed E-state index contributed by atoms with van der Waals surface area (Å²) in [5, 5.41) is 19.3. The molecule has 0 bridgehead atoms. The van der Waals surface area contributed by atoms with Crippen molar-refractivity contribution in [3.05, 3.63) is 53.1 Å². The summed E-state index contributed by atoms with van der Waals surface area (Å²) in [6.07, 6.45) is 3.39. The fourth-order valence-electron chi connectivity index (χ4n) is 2.65.